The molecule has 0 aliphatic carbocycles. The van der Waals surface area contributed by atoms with Gasteiger partial charge in [0.25, 0.3) is 0 Å². The third kappa shape index (κ3) is 3.60. The number of hydrogen-bond acceptors (Lipinski definition) is 3. The van der Waals surface area contributed by atoms with Gasteiger partial charge < -0.3 is 9.66 Å². The number of para-hydroxylation sites is 1. The van der Waals surface area contributed by atoms with E-state index in [9.17, 15) is 5.11 Å². The van der Waals surface area contributed by atoms with Crippen molar-refractivity contribution >= 4 is 12.0 Å². The van der Waals surface area contributed by atoms with Crippen molar-refractivity contribution in [3.8, 4) is 5.75 Å². The van der Waals surface area contributed by atoms with Crippen LogP contribution >= 0.6 is 12.0 Å². The summed E-state index contributed by atoms with van der Waals surface area (Å²) in [6, 6.07) is 7.40. The van der Waals surface area contributed by atoms with Gasteiger partial charge in [-0.2, -0.15) is 0 Å². The zero-order valence-corrected chi connectivity index (χ0v) is 9.13. The van der Waals surface area contributed by atoms with Crippen molar-refractivity contribution in [1.29, 1.82) is 0 Å². The lowest BCUT2D eigenvalue weighted by Crippen LogP contribution is -1.96. The second kappa shape index (κ2) is 5.94. The minimum absolute atomic E-state index is 0.279. The van der Waals surface area contributed by atoms with Crippen LogP contribution in [0.4, 0.5) is 0 Å². The van der Waals surface area contributed by atoms with Crippen LogP contribution in [0.1, 0.15) is 25.3 Å². The lowest BCUT2D eigenvalue weighted by molar-refractivity contribution is 0.466. The maximum Gasteiger partial charge on any atom is 0.118 e. The summed E-state index contributed by atoms with van der Waals surface area (Å²) in [6.45, 7) is 2.00. The highest BCUT2D eigenvalue weighted by atomic mass is 32.2. The van der Waals surface area contributed by atoms with E-state index < -0.39 is 0 Å². The molecule has 3 heteroatoms. The Labute approximate surface area is 89.2 Å². The van der Waals surface area contributed by atoms with Gasteiger partial charge in [-0.05, 0) is 42.9 Å². The number of aryl methyl sites for hydroxylation is 1. The Kier molecular flexibility index (Phi) is 4.84. The van der Waals surface area contributed by atoms with E-state index >= 15 is 0 Å². The number of hydrogen-bond donors (Lipinski definition) is 2. The van der Waals surface area contributed by atoms with E-state index in [-0.39, 0.29) is 5.25 Å². The van der Waals surface area contributed by atoms with Gasteiger partial charge in [0.2, 0.25) is 0 Å². The van der Waals surface area contributed by atoms with Crippen molar-refractivity contribution in [3.63, 3.8) is 0 Å². The van der Waals surface area contributed by atoms with Gasteiger partial charge >= 0.3 is 0 Å². The lowest BCUT2D eigenvalue weighted by Gasteiger charge is -2.07. The smallest absolute Gasteiger partial charge is 0.118 e. The molecule has 0 bridgehead atoms. The molecule has 78 valence electrons. The second-order valence-corrected chi connectivity index (χ2v) is 4.45. The Hall–Kier alpha value is -0.670. The van der Waals surface area contributed by atoms with Crippen molar-refractivity contribution in [1.82, 2.24) is 0 Å². The number of phenols is 1. The topological polar surface area (TPSA) is 40.5 Å². The molecule has 1 atom stereocenters. The number of aromatic hydroxyl groups is 1. The summed E-state index contributed by atoms with van der Waals surface area (Å²) >= 11 is 0.902. The van der Waals surface area contributed by atoms with Gasteiger partial charge in [0.1, 0.15) is 5.75 Å². The van der Waals surface area contributed by atoms with Gasteiger partial charge in [-0.3, -0.25) is 0 Å². The summed E-state index contributed by atoms with van der Waals surface area (Å²) in [6.07, 6.45) is 2.83. The quantitative estimate of drug-likeness (QED) is 0.736. The summed E-state index contributed by atoms with van der Waals surface area (Å²) in [5.41, 5.74) is 0.989. The first-order chi connectivity index (χ1) is 6.74. The second-order valence-electron chi connectivity index (χ2n) is 3.44. The standard InChI is InChI=1S/C11H16O2S/c1-9(14-13)5-4-7-10-6-2-3-8-11(10)12/h2-3,6,8-9,12-13H,4-5,7H2,1H3. The Morgan fingerprint density at radius 2 is 2.07 bits per heavy atom. The van der Waals surface area contributed by atoms with Crippen LogP contribution in [0.15, 0.2) is 24.3 Å². The zero-order chi connectivity index (χ0) is 10.4. The van der Waals surface area contributed by atoms with Gasteiger partial charge in [-0.25, -0.2) is 0 Å². The predicted octanol–water partition coefficient (Wildman–Crippen LogP) is 3.31. The Morgan fingerprint density at radius 3 is 2.71 bits per heavy atom. The first-order valence-electron chi connectivity index (χ1n) is 4.81. The summed E-state index contributed by atoms with van der Waals surface area (Å²) in [5, 5.41) is 9.76. The van der Waals surface area contributed by atoms with Crippen LogP contribution in [0, 0.1) is 0 Å². The van der Waals surface area contributed by atoms with E-state index in [1.165, 1.54) is 0 Å². The van der Waals surface area contributed by atoms with Crippen LogP contribution < -0.4 is 0 Å². The monoisotopic (exact) mass is 212 g/mol. The Balaban J connectivity index is 2.35. The van der Waals surface area contributed by atoms with Gasteiger partial charge in [-0.1, -0.05) is 25.1 Å². The Morgan fingerprint density at radius 1 is 1.36 bits per heavy atom. The van der Waals surface area contributed by atoms with Gasteiger partial charge in [0, 0.05) is 5.25 Å². The van der Waals surface area contributed by atoms with E-state index in [1.54, 1.807) is 6.07 Å². The fourth-order valence-corrected chi connectivity index (χ4v) is 1.63. The van der Waals surface area contributed by atoms with Crippen LogP contribution in [0.25, 0.3) is 0 Å². The zero-order valence-electron chi connectivity index (χ0n) is 8.31. The summed E-state index contributed by atoms with van der Waals surface area (Å²) in [5.74, 6) is 0.372. The van der Waals surface area contributed by atoms with Crippen molar-refractivity contribution < 1.29 is 9.66 Å². The molecule has 1 aromatic rings. The van der Waals surface area contributed by atoms with Gasteiger partial charge in [0.15, 0.2) is 0 Å². The van der Waals surface area contributed by atoms with Crippen LogP contribution in [-0.2, 0) is 6.42 Å². The molecule has 1 rings (SSSR count). The molecule has 1 unspecified atom stereocenters. The van der Waals surface area contributed by atoms with Crippen molar-refractivity contribution in [2.45, 2.75) is 31.4 Å². The maximum atomic E-state index is 9.48. The van der Waals surface area contributed by atoms with E-state index in [0.717, 1.165) is 36.9 Å². The largest absolute Gasteiger partial charge is 0.508 e. The molecule has 0 saturated heterocycles. The normalized spacial score (nSPS) is 12.7. The van der Waals surface area contributed by atoms with E-state index in [1.807, 2.05) is 25.1 Å². The molecule has 0 amide bonds. The molecule has 0 fully saturated rings. The molecular formula is C11H16O2S. The first kappa shape index (κ1) is 11.4. The highest BCUT2D eigenvalue weighted by Gasteiger charge is 2.03. The van der Waals surface area contributed by atoms with Crippen molar-refractivity contribution in [3.05, 3.63) is 29.8 Å². The van der Waals surface area contributed by atoms with Crippen molar-refractivity contribution in [2.24, 2.45) is 0 Å². The molecule has 0 heterocycles. The molecule has 0 aliphatic heterocycles. The van der Waals surface area contributed by atoms with Gasteiger partial charge in [-0.15, -0.1) is 0 Å². The highest BCUT2D eigenvalue weighted by Crippen LogP contribution is 2.20. The lowest BCUT2D eigenvalue weighted by atomic mass is 10.1. The summed E-state index contributed by atoms with van der Waals surface area (Å²) < 4.78 is 8.75. The molecule has 2 N–H and O–H groups in total. The average Bonchev–Trinajstić information content (AvgIpc) is 2.20. The van der Waals surface area contributed by atoms with Crippen LogP contribution in [-0.4, -0.2) is 14.9 Å². The fourth-order valence-electron chi connectivity index (χ4n) is 1.35. The third-order valence-electron chi connectivity index (χ3n) is 2.23. The molecule has 2 nitrogen and oxygen atoms in total. The van der Waals surface area contributed by atoms with Crippen LogP contribution in [0.5, 0.6) is 5.75 Å². The van der Waals surface area contributed by atoms with E-state index in [4.69, 9.17) is 4.55 Å². The molecule has 0 aliphatic rings. The van der Waals surface area contributed by atoms with E-state index in [0.29, 0.717) is 5.75 Å². The van der Waals surface area contributed by atoms with Crippen LogP contribution in [0.3, 0.4) is 0 Å². The molecule has 0 spiro atoms. The molecular weight excluding hydrogens is 196 g/mol. The average molecular weight is 212 g/mol. The van der Waals surface area contributed by atoms with E-state index in [2.05, 4.69) is 0 Å². The highest BCUT2D eigenvalue weighted by molar-refractivity contribution is 7.94. The minimum atomic E-state index is 0.279. The maximum absolute atomic E-state index is 9.48. The number of benzene rings is 1. The first-order valence-corrected chi connectivity index (χ1v) is 5.64. The molecule has 0 saturated carbocycles. The SMILES string of the molecule is CC(CCCc1ccccc1O)SO. The molecule has 0 aromatic heterocycles. The molecule has 14 heavy (non-hydrogen) atoms. The van der Waals surface area contributed by atoms with Crippen LogP contribution in [0.2, 0.25) is 0 Å². The number of rotatable bonds is 5. The Bertz CT molecular complexity index is 276. The summed E-state index contributed by atoms with van der Waals surface area (Å²) in [7, 11) is 0. The van der Waals surface area contributed by atoms with Crippen molar-refractivity contribution in [2.75, 3.05) is 0 Å². The predicted molar refractivity (Wildman–Crippen MR) is 60.7 cm³/mol. The minimum Gasteiger partial charge on any atom is -0.508 e. The van der Waals surface area contributed by atoms with Gasteiger partial charge in [0.05, 0.1) is 0 Å². The number of phenolic OH excluding ortho intramolecular Hbond substituents is 1. The molecule has 0 radical (unpaired) electrons. The third-order valence-corrected chi connectivity index (χ3v) is 2.82. The fraction of sp³-hybridized carbons (Fsp3) is 0.455. The molecule has 1 aromatic carbocycles. The summed E-state index contributed by atoms with van der Waals surface area (Å²) in [4.78, 5) is 0.